The molecule has 0 spiro atoms. The first kappa shape index (κ1) is 18.6. The summed E-state index contributed by atoms with van der Waals surface area (Å²) >= 11 is 0. The van der Waals surface area contributed by atoms with Gasteiger partial charge in [0.1, 0.15) is 17.7 Å². The van der Waals surface area contributed by atoms with Gasteiger partial charge in [0.2, 0.25) is 0 Å². The van der Waals surface area contributed by atoms with E-state index in [0.29, 0.717) is 17.9 Å². The van der Waals surface area contributed by atoms with Crippen LogP contribution in [0.15, 0.2) is 48.5 Å². The van der Waals surface area contributed by atoms with Crippen molar-refractivity contribution in [2.75, 3.05) is 33.2 Å². The van der Waals surface area contributed by atoms with Crippen molar-refractivity contribution in [3.8, 4) is 0 Å². The maximum atomic E-state index is 14.7. The highest BCUT2D eigenvalue weighted by molar-refractivity contribution is 5.27. The SMILES string of the molecule is CN1CCN(C(c2ccccc2F)c2nnnn2Cc2ccc(F)cc2)CC1. The third-order valence-electron chi connectivity index (χ3n) is 5.15. The van der Waals surface area contributed by atoms with Crippen LogP contribution in [0.2, 0.25) is 0 Å². The molecule has 1 aliphatic heterocycles. The van der Waals surface area contributed by atoms with E-state index in [9.17, 15) is 8.78 Å². The van der Waals surface area contributed by atoms with Gasteiger partial charge in [0.25, 0.3) is 0 Å². The Hall–Kier alpha value is -2.71. The van der Waals surface area contributed by atoms with E-state index in [1.165, 1.54) is 18.2 Å². The number of benzene rings is 2. The molecule has 0 amide bonds. The smallest absolute Gasteiger partial charge is 0.173 e. The number of hydrogen-bond acceptors (Lipinski definition) is 5. The van der Waals surface area contributed by atoms with Crippen molar-refractivity contribution in [3.63, 3.8) is 0 Å². The van der Waals surface area contributed by atoms with Crippen LogP contribution in [0.3, 0.4) is 0 Å². The number of tetrazole rings is 1. The fraction of sp³-hybridized carbons (Fsp3) is 0.350. The van der Waals surface area contributed by atoms with Crippen LogP contribution in [0.5, 0.6) is 0 Å². The number of aromatic nitrogens is 4. The summed E-state index contributed by atoms with van der Waals surface area (Å²) in [4.78, 5) is 4.46. The third-order valence-corrected chi connectivity index (χ3v) is 5.15. The Kier molecular flexibility index (Phi) is 5.40. The number of rotatable bonds is 5. The molecular weight excluding hydrogens is 362 g/mol. The fourth-order valence-electron chi connectivity index (χ4n) is 3.56. The van der Waals surface area contributed by atoms with Crippen molar-refractivity contribution in [1.82, 2.24) is 30.0 Å². The summed E-state index contributed by atoms with van der Waals surface area (Å²) in [5.41, 5.74) is 1.43. The van der Waals surface area contributed by atoms with Gasteiger partial charge < -0.3 is 4.90 Å². The van der Waals surface area contributed by atoms with E-state index in [0.717, 1.165) is 31.7 Å². The molecule has 6 nitrogen and oxygen atoms in total. The molecule has 0 radical (unpaired) electrons. The van der Waals surface area contributed by atoms with Crippen molar-refractivity contribution in [2.45, 2.75) is 12.6 Å². The van der Waals surface area contributed by atoms with Crippen LogP contribution in [0.1, 0.15) is 23.0 Å². The van der Waals surface area contributed by atoms with E-state index in [4.69, 9.17) is 0 Å². The molecular formula is C20H22F2N6. The minimum absolute atomic E-state index is 0.275. The molecule has 1 saturated heterocycles. The second-order valence-corrected chi connectivity index (χ2v) is 7.08. The van der Waals surface area contributed by atoms with Gasteiger partial charge in [-0.2, -0.15) is 0 Å². The molecule has 1 unspecified atom stereocenters. The average molecular weight is 384 g/mol. The summed E-state index contributed by atoms with van der Waals surface area (Å²) in [7, 11) is 2.08. The number of hydrogen-bond donors (Lipinski definition) is 0. The van der Waals surface area contributed by atoms with E-state index < -0.39 is 0 Å². The highest BCUT2D eigenvalue weighted by Crippen LogP contribution is 2.30. The van der Waals surface area contributed by atoms with Gasteiger partial charge in [-0.1, -0.05) is 30.3 Å². The summed E-state index contributed by atoms with van der Waals surface area (Å²) in [5, 5.41) is 12.2. The van der Waals surface area contributed by atoms with Gasteiger partial charge in [-0.3, -0.25) is 4.90 Å². The Morgan fingerprint density at radius 3 is 2.39 bits per heavy atom. The molecule has 8 heteroatoms. The molecule has 28 heavy (non-hydrogen) atoms. The van der Waals surface area contributed by atoms with Crippen molar-refractivity contribution in [1.29, 1.82) is 0 Å². The van der Waals surface area contributed by atoms with Gasteiger partial charge in [0.15, 0.2) is 5.82 Å². The first-order valence-electron chi connectivity index (χ1n) is 9.29. The predicted molar refractivity (Wildman–Crippen MR) is 101 cm³/mol. The minimum Gasteiger partial charge on any atom is -0.304 e. The normalized spacial score (nSPS) is 17.0. The van der Waals surface area contributed by atoms with E-state index >= 15 is 0 Å². The van der Waals surface area contributed by atoms with Gasteiger partial charge in [0, 0.05) is 31.7 Å². The molecule has 1 fully saturated rings. The Morgan fingerprint density at radius 2 is 1.68 bits per heavy atom. The monoisotopic (exact) mass is 384 g/mol. The molecule has 2 heterocycles. The van der Waals surface area contributed by atoms with E-state index in [1.54, 1.807) is 28.9 Å². The summed E-state index contributed by atoms with van der Waals surface area (Å²) in [6.45, 7) is 3.76. The zero-order valence-electron chi connectivity index (χ0n) is 15.7. The van der Waals surface area contributed by atoms with Gasteiger partial charge in [0.05, 0.1) is 6.54 Å². The largest absolute Gasteiger partial charge is 0.304 e. The van der Waals surface area contributed by atoms with Crippen LogP contribution in [-0.4, -0.2) is 63.2 Å². The van der Waals surface area contributed by atoms with E-state index in [1.807, 2.05) is 6.07 Å². The highest BCUT2D eigenvalue weighted by Gasteiger charge is 2.31. The number of halogens is 2. The molecule has 1 aliphatic rings. The lowest BCUT2D eigenvalue weighted by molar-refractivity contribution is 0.120. The number of nitrogens with zero attached hydrogens (tertiary/aromatic N) is 6. The number of likely N-dealkylation sites (N-methyl/N-ethyl adjacent to an activating group) is 1. The zero-order valence-corrected chi connectivity index (χ0v) is 15.7. The lowest BCUT2D eigenvalue weighted by atomic mass is 10.0. The predicted octanol–water partition coefficient (Wildman–Crippen LogP) is 2.34. The Bertz CT molecular complexity index is 918. The zero-order chi connectivity index (χ0) is 19.5. The quantitative estimate of drug-likeness (QED) is 0.676. The molecule has 1 atom stereocenters. The van der Waals surface area contributed by atoms with Crippen LogP contribution in [-0.2, 0) is 6.54 Å². The van der Waals surface area contributed by atoms with Gasteiger partial charge in [-0.15, -0.1) is 5.10 Å². The molecule has 2 aromatic carbocycles. The number of piperazine rings is 1. The Morgan fingerprint density at radius 1 is 0.964 bits per heavy atom. The lowest BCUT2D eigenvalue weighted by Crippen LogP contribution is -2.47. The molecule has 0 N–H and O–H groups in total. The van der Waals surface area contributed by atoms with E-state index in [2.05, 4.69) is 32.4 Å². The topological polar surface area (TPSA) is 50.1 Å². The van der Waals surface area contributed by atoms with Crippen LogP contribution >= 0.6 is 0 Å². The summed E-state index contributed by atoms with van der Waals surface area (Å²) in [5.74, 6) is 0.0177. The van der Waals surface area contributed by atoms with Crippen LogP contribution < -0.4 is 0 Å². The van der Waals surface area contributed by atoms with Gasteiger partial charge >= 0.3 is 0 Å². The second-order valence-electron chi connectivity index (χ2n) is 7.08. The first-order chi connectivity index (χ1) is 13.6. The molecule has 1 aromatic heterocycles. The van der Waals surface area contributed by atoms with Crippen molar-refractivity contribution >= 4 is 0 Å². The molecule has 0 bridgehead atoms. The maximum Gasteiger partial charge on any atom is 0.173 e. The van der Waals surface area contributed by atoms with Gasteiger partial charge in [-0.25, -0.2) is 13.5 Å². The first-order valence-corrected chi connectivity index (χ1v) is 9.29. The van der Waals surface area contributed by atoms with Crippen LogP contribution in [0, 0.1) is 11.6 Å². The maximum absolute atomic E-state index is 14.7. The Labute approximate surface area is 162 Å². The second kappa shape index (κ2) is 8.12. The summed E-state index contributed by atoms with van der Waals surface area (Å²) < 4.78 is 29.6. The van der Waals surface area contributed by atoms with E-state index in [-0.39, 0.29) is 17.7 Å². The standard InChI is InChI=1S/C20H22F2N6/c1-26-10-12-27(13-11-26)19(17-4-2-3-5-18(17)22)20-23-24-25-28(20)14-15-6-8-16(21)9-7-15/h2-9,19H,10-14H2,1H3. The van der Waals surface area contributed by atoms with Crippen LogP contribution in [0.25, 0.3) is 0 Å². The Balaban J connectivity index is 1.70. The minimum atomic E-state index is -0.384. The van der Waals surface area contributed by atoms with Gasteiger partial charge in [-0.05, 0) is 41.2 Å². The van der Waals surface area contributed by atoms with Crippen LogP contribution in [0.4, 0.5) is 8.78 Å². The molecule has 3 aromatic rings. The van der Waals surface area contributed by atoms with Crippen molar-refractivity contribution in [2.24, 2.45) is 0 Å². The third kappa shape index (κ3) is 3.93. The average Bonchev–Trinajstić information content (AvgIpc) is 3.14. The molecule has 0 aliphatic carbocycles. The molecule has 146 valence electrons. The summed E-state index contributed by atoms with van der Waals surface area (Å²) in [6.07, 6.45) is 0. The van der Waals surface area contributed by atoms with Crippen molar-refractivity contribution in [3.05, 3.63) is 77.1 Å². The summed E-state index contributed by atoms with van der Waals surface area (Å²) in [6, 6.07) is 12.6. The molecule has 0 saturated carbocycles. The highest BCUT2D eigenvalue weighted by atomic mass is 19.1. The fourth-order valence-corrected chi connectivity index (χ4v) is 3.56. The lowest BCUT2D eigenvalue weighted by Gasteiger charge is -2.37. The van der Waals surface area contributed by atoms with Crippen molar-refractivity contribution < 1.29 is 8.78 Å². The molecule has 4 rings (SSSR count).